The molecule has 1 saturated carbocycles. The van der Waals surface area contributed by atoms with Crippen LogP contribution in [-0.2, 0) is 6.54 Å². The van der Waals surface area contributed by atoms with E-state index in [1.54, 1.807) is 6.26 Å². The summed E-state index contributed by atoms with van der Waals surface area (Å²) in [5.74, 6) is 0. The Kier molecular flexibility index (Phi) is 3.16. The number of hydrogen-bond acceptors (Lipinski definition) is 4. The number of aliphatic hydroxyl groups excluding tert-OH is 1. The van der Waals surface area contributed by atoms with E-state index >= 15 is 0 Å². The van der Waals surface area contributed by atoms with Crippen molar-refractivity contribution in [1.82, 2.24) is 10.5 Å². The Morgan fingerprint density at radius 3 is 3.07 bits per heavy atom. The van der Waals surface area contributed by atoms with Gasteiger partial charge in [0.1, 0.15) is 6.26 Å². The molecule has 1 aromatic rings. The van der Waals surface area contributed by atoms with Crippen molar-refractivity contribution < 1.29 is 9.63 Å². The summed E-state index contributed by atoms with van der Waals surface area (Å²) in [6, 6.07) is 2.06. The van der Waals surface area contributed by atoms with Gasteiger partial charge in [-0.05, 0) is 12.8 Å². The second-order valence-electron chi connectivity index (χ2n) is 3.83. The van der Waals surface area contributed by atoms with Crippen molar-refractivity contribution in [3.05, 3.63) is 18.0 Å². The van der Waals surface area contributed by atoms with Crippen LogP contribution < -0.4 is 5.32 Å². The molecule has 1 aliphatic carbocycles. The number of hydrogen-bond donors (Lipinski definition) is 2. The first kappa shape index (κ1) is 9.68. The molecule has 0 unspecified atom stereocenters. The van der Waals surface area contributed by atoms with Crippen LogP contribution in [0.5, 0.6) is 0 Å². The Morgan fingerprint density at radius 1 is 1.50 bits per heavy atom. The molecule has 2 N–H and O–H groups in total. The highest BCUT2D eigenvalue weighted by Crippen LogP contribution is 2.18. The van der Waals surface area contributed by atoms with Gasteiger partial charge < -0.3 is 14.9 Å². The number of nitrogens with zero attached hydrogens (tertiary/aromatic N) is 1. The highest BCUT2D eigenvalue weighted by Gasteiger charge is 2.22. The number of aromatic nitrogens is 1. The van der Waals surface area contributed by atoms with Gasteiger partial charge in [-0.15, -0.1) is 0 Å². The molecular weight excluding hydrogens is 180 g/mol. The fourth-order valence-electron chi connectivity index (χ4n) is 1.91. The lowest BCUT2D eigenvalue weighted by Crippen LogP contribution is -2.41. The highest BCUT2D eigenvalue weighted by molar-refractivity contribution is 4.95. The van der Waals surface area contributed by atoms with Gasteiger partial charge in [-0.1, -0.05) is 18.0 Å². The molecule has 0 aromatic carbocycles. The fraction of sp³-hybridized carbons (Fsp3) is 0.700. The van der Waals surface area contributed by atoms with Crippen LogP contribution in [0.1, 0.15) is 31.4 Å². The molecule has 1 aliphatic rings. The summed E-state index contributed by atoms with van der Waals surface area (Å²) in [6.45, 7) is 0.679. The molecule has 1 fully saturated rings. The van der Waals surface area contributed by atoms with Crippen LogP contribution in [0.3, 0.4) is 0 Å². The van der Waals surface area contributed by atoms with Crippen LogP contribution in [0.25, 0.3) is 0 Å². The monoisotopic (exact) mass is 196 g/mol. The molecule has 2 atom stereocenters. The van der Waals surface area contributed by atoms with E-state index in [0.717, 1.165) is 25.0 Å². The predicted octanol–water partition coefficient (Wildman–Crippen LogP) is 1.07. The van der Waals surface area contributed by atoms with E-state index in [2.05, 4.69) is 10.5 Å². The van der Waals surface area contributed by atoms with Gasteiger partial charge in [0.05, 0.1) is 11.8 Å². The molecule has 0 saturated heterocycles. The van der Waals surface area contributed by atoms with Gasteiger partial charge in [-0.2, -0.15) is 0 Å². The van der Waals surface area contributed by atoms with Crippen molar-refractivity contribution in [2.45, 2.75) is 44.4 Å². The van der Waals surface area contributed by atoms with Gasteiger partial charge in [0.25, 0.3) is 0 Å². The lowest BCUT2D eigenvalue weighted by atomic mass is 9.92. The van der Waals surface area contributed by atoms with Crippen LogP contribution in [0.15, 0.2) is 16.9 Å². The molecule has 0 aliphatic heterocycles. The van der Waals surface area contributed by atoms with E-state index in [9.17, 15) is 5.11 Å². The van der Waals surface area contributed by atoms with Gasteiger partial charge in [-0.3, -0.25) is 0 Å². The van der Waals surface area contributed by atoms with Crippen molar-refractivity contribution >= 4 is 0 Å². The molecule has 0 amide bonds. The molecule has 0 radical (unpaired) electrons. The Bertz CT molecular complexity index is 261. The van der Waals surface area contributed by atoms with Crippen molar-refractivity contribution in [2.75, 3.05) is 0 Å². The Labute approximate surface area is 83.3 Å². The summed E-state index contributed by atoms with van der Waals surface area (Å²) in [5, 5.41) is 16.8. The molecule has 4 nitrogen and oxygen atoms in total. The lowest BCUT2D eigenvalue weighted by molar-refractivity contribution is 0.0899. The Balaban J connectivity index is 1.79. The van der Waals surface area contributed by atoms with Gasteiger partial charge in [0.2, 0.25) is 0 Å². The topological polar surface area (TPSA) is 58.3 Å². The third-order valence-corrected chi connectivity index (χ3v) is 2.77. The van der Waals surface area contributed by atoms with Crippen molar-refractivity contribution in [1.29, 1.82) is 0 Å². The minimum absolute atomic E-state index is 0.198. The third kappa shape index (κ3) is 2.33. The average Bonchev–Trinajstić information content (AvgIpc) is 2.69. The third-order valence-electron chi connectivity index (χ3n) is 2.77. The largest absolute Gasteiger partial charge is 0.392 e. The minimum atomic E-state index is -0.198. The van der Waals surface area contributed by atoms with E-state index < -0.39 is 0 Å². The molecule has 1 aromatic heterocycles. The summed E-state index contributed by atoms with van der Waals surface area (Å²) in [7, 11) is 0. The van der Waals surface area contributed by atoms with Gasteiger partial charge >= 0.3 is 0 Å². The SMILES string of the molecule is O[C@@H]1CCCC[C@H]1NCc1ccon1. The lowest BCUT2D eigenvalue weighted by Gasteiger charge is -2.28. The normalized spacial score (nSPS) is 27.8. The van der Waals surface area contributed by atoms with Crippen molar-refractivity contribution in [3.63, 3.8) is 0 Å². The van der Waals surface area contributed by atoms with E-state index in [0.29, 0.717) is 6.54 Å². The molecule has 1 heterocycles. The molecule has 0 spiro atoms. The van der Waals surface area contributed by atoms with Crippen LogP contribution in [0, 0.1) is 0 Å². The highest BCUT2D eigenvalue weighted by atomic mass is 16.5. The quantitative estimate of drug-likeness (QED) is 0.759. The molecule has 0 bridgehead atoms. The Hall–Kier alpha value is -0.870. The molecular formula is C10H16N2O2. The minimum Gasteiger partial charge on any atom is -0.392 e. The maximum Gasteiger partial charge on any atom is 0.124 e. The molecule has 14 heavy (non-hydrogen) atoms. The predicted molar refractivity (Wildman–Crippen MR) is 51.6 cm³/mol. The summed E-state index contributed by atoms with van der Waals surface area (Å²) < 4.78 is 4.73. The maximum atomic E-state index is 9.69. The van der Waals surface area contributed by atoms with Crippen LogP contribution in [-0.4, -0.2) is 22.4 Å². The molecule has 2 rings (SSSR count). The fourth-order valence-corrected chi connectivity index (χ4v) is 1.91. The smallest absolute Gasteiger partial charge is 0.124 e. The standard InChI is InChI=1S/C10H16N2O2/c13-10-4-2-1-3-9(10)11-7-8-5-6-14-12-8/h5-6,9-11,13H,1-4,7H2/t9-,10-/m1/s1. The van der Waals surface area contributed by atoms with Gasteiger partial charge in [0.15, 0.2) is 0 Å². The second kappa shape index (κ2) is 4.57. The first-order valence-corrected chi connectivity index (χ1v) is 5.17. The van der Waals surface area contributed by atoms with E-state index in [1.165, 1.54) is 6.42 Å². The summed E-state index contributed by atoms with van der Waals surface area (Å²) in [6.07, 6.45) is 5.68. The maximum absolute atomic E-state index is 9.69. The van der Waals surface area contributed by atoms with Crippen LogP contribution in [0.4, 0.5) is 0 Å². The van der Waals surface area contributed by atoms with Crippen molar-refractivity contribution in [2.24, 2.45) is 0 Å². The number of nitrogens with one attached hydrogen (secondary N) is 1. The molecule has 78 valence electrons. The molecule has 4 heteroatoms. The average molecular weight is 196 g/mol. The zero-order valence-electron chi connectivity index (χ0n) is 8.15. The van der Waals surface area contributed by atoms with E-state index in [-0.39, 0.29) is 12.1 Å². The second-order valence-corrected chi connectivity index (χ2v) is 3.83. The van der Waals surface area contributed by atoms with Gasteiger partial charge in [0, 0.05) is 18.7 Å². The summed E-state index contributed by atoms with van der Waals surface area (Å²) in [4.78, 5) is 0. The van der Waals surface area contributed by atoms with Gasteiger partial charge in [-0.25, -0.2) is 0 Å². The summed E-state index contributed by atoms with van der Waals surface area (Å²) >= 11 is 0. The van der Waals surface area contributed by atoms with Crippen LogP contribution in [0.2, 0.25) is 0 Å². The van der Waals surface area contributed by atoms with Crippen molar-refractivity contribution in [3.8, 4) is 0 Å². The first-order chi connectivity index (χ1) is 6.86. The number of aliphatic hydroxyl groups is 1. The zero-order chi connectivity index (χ0) is 9.80. The van der Waals surface area contributed by atoms with E-state index in [4.69, 9.17) is 4.52 Å². The zero-order valence-corrected chi connectivity index (χ0v) is 8.15. The Morgan fingerprint density at radius 2 is 2.36 bits per heavy atom. The number of rotatable bonds is 3. The van der Waals surface area contributed by atoms with E-state index in [1.807, 2.05) is 6.07 Å². The van der Waals surface area contributed by atoms with Crippen LogP contribution >= 0.6 is 0 Å². The summed E-state index contributed by atoms with van der Waals surface area (Å²) in [5.41, 5.74) is 0.891. The first-order valence-electron chi connectivity index (χ1n) is 5.17.